The third-order valence-corrected chi connectivity index (χ3v) is 3.80. The van der Waals surface area contributed by atoms with Crippen LogP contribution in [0.15, 0.2) is 65.7 Å². The van der Waals surface area contributed by atoms with Crippen molar-refractivity contribution < 1.29 is 4.39 Å². The number of benzene rings is 1. The van der Waals surface area contributed by atoms with E-state index in [1.807, 2.05) is 0 Å². The quantitative estimate of drug-likeness (QED) is 0.592. The number of nitrogen functional groups attached to an aromatic ring is 1. The number of rotatable bonds is 3. The number of pyridine rings is 1. The van der Waals surface area contributed by atoms with E-state index in [-0.39, 0.29) is 11.4 Å². The molecule has 0 radical (unpaired) electrons. The van der Waals surface area contributed by atoms with Crippen molar-refractivity contribution >= 4 is 5.82 Å². The molecule has 0 fully saturated rings. The minimum absolute atomic E-state index is 0.312. The molecule has 8 heteroatoms. The predicted molar refractivity (Wildman–Crippen MR) is 95.0 cm³/mol. The molecule has 0 aliphatic rings. The van der Waals surface area contributed by atoms with E-state index in [2.05, 4.69) is 20.3 Å². The number of anilines is 1. The summed E-state index contributed by atoms with van der Waals surface area (Å²) in [6, 6.07) is 12.6. The first-order valence-electron chi connectivity index (χ1n) is 7.74. The van der Waals surface area contributed by atoms with Gasteiger partial charge in [-0.15, -0.1) is 0 Å². The summed E-state index contributed by atoms with van der Waals surface area (Å²) in [6.07, 6.45) is 3.34. The van der Waals surface area contributed by atoms with Crippen LogP contribution in [0.4, 0.5) is 10.2 Å². The largest absolute Gasteiger partial charge is 0.384 e. The molecule has 7 nitrogen and oxygen atoms in total. The van der Waals surface area contributed by atoms with Crippen LogP contribution in [0, 0.1) is 5.82 Å². The van der Waals surface area contributed by atoms with Crippen LogP contribution in [-0.4, -0.2) is 25.0 Å². The number of hydrogen-bond donors (Lipinski definition) is 2. The molecule has 0 saturated carbocycles. The summed E-state index contributed by atoms with van der Waals surface area (Å²) in [7, 11) is 0. The molecule has 26 heavy (non-hydrogen) atoms. The maximum atomic E-state index is 13.7. The first-order chi connectivity index (χ1) is 12.6. The zero-order valence-corrected chi connectivity index (χ0v) is 13.4. The molecule has 0 spiro atoms. The smallest absolute Gasteiger partial charge is 0.264 e. The Morgan fingerprint density at radius 3 is 2.69 bits per heavy atom. The van der Waals surface area contributed by atoms with Crippen molar-refractivity contribution in [3.05, 3.63) is 77.1 Å². The zero-order valence-electron chi connectivity index (χ0n) is 13.4. The number of halogens is 1. The molecule has 0 unspecified atom stereocenters. The SMILES string of the molecule is Nc1cc(-c2cn(-c3ccc(=O)[nH]n3)nc2-c2cccc(F)c2)ccn1. The fourth-order valence-electron chi connectivity index (χ4n) is 2.63. The third kappa shape index (κ3) is 2.95. The van der Waals surface area contributed by atoms with Gasteiger partial charge in [-0.25, -0.2) is 19.2 Å². The Morgan fingerprint density at radius 1 is 1.08 bits per heavy atom. The van der Waals surface area contributed by atoms with Gasteiger partial charge in [-0.2, -0.15) is 10.2 Å². The summed E-state index contributed by atoms with van der Waals surface area (Å²) in [5.74, 6) is 0.428. The van der Waals surface area contributed by atoms with Gasteiger partial charge in [-0.05, 0) is 35.9 Å². The van der Waals surface area contributed by atoms with Crippen LogP contribution in [0.2, 0.25) is 0 Å². The van der Waals surface area contributed by atoms with Crippen molar-refractivity contribution in [2.24, 2.45) is 0 Å². The van der Waals surface area contributed by atoms with E-state index < -0.39 is 0 Å². The Kier molecular flexibility index (Phi) is 3.77. The van der Waals surface area contributed by atoms with E-state index in [9.17, 15) is 9.18 Å². The van der Waals surface area contributed by atoms with Crippen LogP contribution in [0.25, 0.3) is 28.2 Å². The highest BCUT2D eigenvalue weighted by molar-refractivity contribution is 5.81. The number of nitrogens with zero attached hydrogens (tertiary/aromatic N) is 4. The Labute approximate surface area is 147 Å². The monoisotopic (exact) mass is 348 g/mol. The summed E-state index contributed by atoms with van der Waals surface area (Å²) in [5, 5.41) is 10.9. The summed E-state index contributed by atoms with van der Waals surface area (Å²) in [5.41, 5.74) is 8.17. The molecule has 0 bridgehead atoms. The maximum Gasteiger partial charge on any atom is 0.264 e. The number of aromatic amines is 1. The van der Waals surface area contributed by atoms with Gasteiger partial charge in [0.1, 0.15) is 17.3 Å². The standard InChI is InChI=1S/C18H13FN6O/c19-13-3-1-2-12(8-13)18-14(11-6-7-21-15(20)9-11)10-25(24-18)16-4-5-17(26)23-22-16/h1-10H,(H2,20,21)(H,23,26). The molecule has 0 aliphatic heterocycles. The van der Waals surface area contributed by atoms with E-state index >= 15 is 0 Å². The van der Waals surface area contributed by atoms with E-state index in [1.165, 1.54) is 22.9 Å². The van der Waals surface area contributed by atoms with Crippen molar-refractivity contribution in [3.8, 4) is 28.2 Å². The third-order valence-electron chi connectivity index (χ3n) is 3.80. The van der Waals surface area contributed by atoms with Crippen LogP contribution >= 0.6 is 0 Å². The normalized spacial score (nSPS) is 10.8. The van der Waals surface area contributed by atoms with Crippen LogP contribution in [-0.2, 0) is 0 Å². The lowest BCUT2D eigenvalue weighted by Gasteiger charge is -2.03. The highest BCUT2D eigenvalue weighted by Gasteiger charge is 2.15. The van der Waals surface area contributed by atoms with Crippen molar-refractivity contribution in [1.82, 2.24) is 25.0 Å². The minimum atomic E-state index is -0.362. The summed E-state index contributed by atoms with van der Waals surface area (Å²) >= 11 is 0. The molecule has 4 aromatic rings. The topological polar surface area (TPSA) is 102 Å². The number of nitrogens with two attached hydrogens (primary N) is 1. The van der Waals surface area contributed by atoms with Crippen LogP contribution in [0.5, 0.6) is 0 Å². The van der Waals surface area contributed by atoms with Gasteiger partial charge in [-0.1, -0.05) is 12.1 Å². The Bertz CT molecular complexity index is 1070. The van der Waals surface area contributed by atoms with E-state index in [0.29, 0.717) is 22.9 Å². The Morgan fingerprint density at radius 2 is 1.96 bits per heavy atom. The van der Waals surface area contributed by atoms with E-state index in [0.717, 1.165) is 11.1 Å². The molecule has 4 rings (SSSR count). The first-order valence-corrected chi connectivity index (χ1v) is 7.74. The number of H-pyrrole nitrogens is 1. The summed E-state index contributed by atoms with van der Waals surface area (Å²) in [6.45, 7) is 0. The average Bonchev–Trinajstić information content (AvgIpc) is 3.08. The molecule has 3 aromatic heterocycles. The molecule has 3 N–H and O–H groups in total. The number of aromatic nitrogens is 5. The van der Waals surface area contributed by atoms with Crippen molar-refractivity contribution in [2.75, 3.05) is 5.73 Å². The highest BCUT2D eigenvalue weighted by atomic mass is 19.1. The second-order valence-corrected chi connectivity index (χ2v) is 5.60. The average molecular weight is 348 g/mol. The van der Waals surface area contributed by atoms with Gasteiger partial charge < -0.3 is 5.73 Å². The van der Waals surface area contributed by atoms with Gasteiger partial charge in [0, 0.05) is 29.6 Å². The first kappa shape index (κ1) is 15.7. The Balaban J connectivity index is 1.93. The van der Waals surface area contributed by atoms with Gasteiger partial charge in [0.05, 0.1) is 0 Å². The van der Waals surface area contributed by atoms with Crippen molar-refractivity contribution in [2.45, 2.75) is 0 Å². The maximum absolute atomic E-state index is 13.7. The molecular formula is C18H13FN6O. The van der Waals surface area contributed by atoms with Gasteiger partial charge in [0.25, 0.3) is 5.56 Å². The number of hydrogen-bond acceptors (Lipinski definition) is 5. The lowest BCUT2D eigenvalue weighted by Crippen LogP contribution is -2.09. The molecule has 128 valence electrons. The predicted octanol–water partition coefficient (Wildman–Crippen LogP) is 2.41. The van der Waals surface area contributed by atoms with Gasteiger partial charge in [0.2, 0.25) is 0 Å². The van der Waals surface area contributed by atoms with Gasteiger partial charge in [-0.3, -0.25) is 4.79 Å². The van der Waals surface area contributed by atoms with E-state index in [4.69, 9.17) is 5.73 Å². The summed E-state index contributed by atoms with van der Waals surface area (Å²) in [4.78, 5) is 15.2. The number of nitrogens with one attached hydrogen (secondary N) is 1. The van der Waals surface area contributed by atoms with Crippen molar-refractivity contribution in [3.63, 3.8) is 0 Å². The highest BCUT2D eigenvalue weighted by Crippen LogP contribution is 2.32. The second-order valence-electron chi connectivity index (χ2n) is 5.60. The summed E-state index contributed by atoms with van der Waals surface area (Å²) < 4.78 is 15.2. The molecule has 0 saturated heterocycles. The van der Waals surface area contributed by atoms with E-state index in [1.54, 1.807) is 42.7 Å². The Hall–Kier alpha value is -3.81. The molecule has 3 heterocycles. The van der Waals surface area contributed by atoms with Crippen molar-refractivity contribution in [1.29, 1.82) is 0 Å². The fraction of sp³-hybridized carbons (Fsp3) is 0. The molecule has 0 amide bonds. The molecule has 0 atom stereocenters. The zero-order chi connectivity index (χ0) is 18.1. The minimum Gasteiger partial charge on any atom is -0.384 e. The second kappa shape index (κ2) is 6.25. The van der Waals surface area contributed by atoms with Crippen LogP contribution < -0.4 is 11.3 Å². The van der Waals surface area contributed by atoms with Gasteiger partial charge in [0.15, 0.2) is 5.82 Å². The van der Waals surface area contributed by atoms with Gasteiger partial charge >= 0.3 is 0 Å². The lowest BCUT2D eigenvalue weighted by molar-refractivity contribution is 0.628. The lowest BCUT2D eigenvalue weighted by atomic mass is 10.0. The molecular weight excluding hydrogens is 335 g/mol. The molecule has 1 aromatic carbocycles. The van der Waals surface area contributed by atoms with Crippen LogP contribution in [0.3, 0.4) is 0 Å². The fourth-order valence-corrected chi connectivity index (χ4v) is 2.63. The van der Waals surface area contributed by atoms with Crippen LogP contribution in [0.1, 0.15) is 0 Å². The molecule has 0 aliphatic carbocycles.